The summed E-state index contributed by atoms with van der Waals surface area (Å²) in [5.41, 5.74) is 7.43. The number of hydrogen-bond acceptors (Lipinski definition) is 7. The Hall–Kier alpha value is -3.66. The van der Waals surface area contributed by atoms with Crippen molar-refractivity contribution in [2.75, 3.05) is 0 Å². The smallest absolute Gasteiger partial charge is 0.478 e. The SMILES string of the molecule is CCCCCCCCCCCCCc1c(O)c(C(C)(C)c2ccccc2O)c(CCCCCCCCCCCCC)c(CCCCCCCCCCCCC)c1CCCCCCCCCCCCC.O=P(O)(O)OP(=O)(O)O.Oc1ccccc1.Oc1ccccc1. The molecule has 4 aromatic rings. The molecule has 13 heteroatoms. The summed E-state index contributed by atoms with van der Waals surface area (Å²) >= 11 is 0. The Balaban J connectivity index is 0.00000152. The monoisotopic (exact) mass is 1320 g/mol. The van der Waals surface area contributed by atoms with Crippen LogP contribution in [0.1, 0.15) is 357 Å². The van der Waals surface area contributed by atoms with E-state index in [0.717, 1.165) is 43.2 Å². The van der Waals surface area contributed by atoms with E-state index in [0.29, 0.717) is 23.0 Å². The van der Waals surface area contributed by atoms with Crippen LogP contribution in [-0.2, 0) is 44.5 Å². The van der Waals surface area contributed by atoms with Crippen LogP contribution < -0.4 is 0 Å². The van der Waals surface area contributed by atoms with Gasteiger partial charge < -0.3 is 40.0 Å². The van der Waals surface area contributed by atoms with Gasteiger partial charge in [-0.3, -0.25) is 0 Å². The van der Waals surface area contributed by atoms with Crippen LogP contribution in [0.4, 0.5) is 0 Å². The number of phenols is 4. The maximum Gasteiger partial charge on any atom is 0.478 e. The van der Waals surface area contributed by atoms with Gasteiger partial charge >= 0.3 is 15.6 Å². The van der Waals surface area contributed by atoms with E-state index in [9.17, 15) is 19.3 Å². The number of rotatable bonds is 52. The van der Waals surface area contributed by atoms with Crippen molar-refractivity contribution in [1.29, 1.82) is 0 Å². The molecule has 0 bridgehead atoms. The van der Waals surface area contributed by atoms with Crippen molar-refractivity contribution >= 4 is 15.6 Å². The number of hydrogen-bond donors (Lipinski definition) is 8. The van der Waals surface area contributed by atoms with Crippen LogP contribution in [0, 0.1) is 0 Å². The molecule has 8 N–H and O–H groups in total. The summed E-state index contributed by atoms with van der Waals surface area (Å²) in [5.74, 6) is 1.57. The highest BCUT2D eigenvalue weighted by atomic mass is 31.3. The molecular weight excluding hydrogens is 1190 g/mol. The molecule has 528 valence electrons. The molecule has 0 fully saturated rings. The lowest BCUT2D eigenvalue weighted by atomic mass is 9.70. The quantitative estimate of drug-likeness (QED) is 0.0154. The van der Waals surface area contributed by atoms with Gasteiger partial charge in [-0.25, -0.2) is 9.13 Å². The minimum atomic E-state index is -5.05. The Morgan fingerprint density at radius 1 is 0.304 bits per heavy atom. The largest absolute Gasteiger partial charge is 0.508 e. The fourth-order valence-corrected chi connectivity index (χ4v) is 13.9. The third-order valence-electron chi connectivity index (χ3n) is 18.0. The molecule has 0 spiro atoms. The van der Waals surface area contributed by atoms with Crippen molar-refractivity contribution in [3.8, 4) is 23.0 Å². The maximum atomic E-state index is 13.1. The van der Waals surface area contributed by atoms with Gasteiger partial charge in [0.15, 0.2) is 0 Å². The molecule has 0 atom stereocenters. The first kappa shape index (κ1) is 86.4. The van der Waals surface area contributed by atoms with Crippen molar-refractivity contribution < 1.29 is 53.4 Å². The number of benzene rings is 4. The Morgan fingerprint density at radius 2 is 0.533 bits per heavy atom. The average Bonchev–Trinajstić information content (AvgIpc) is 0.748. The van der Waals surface area contributed by atoms with Gasteiger partial charge in [0, 0.05) is 16.5 Å². The lowest BCUT2D eigenvalue weighted by molar-refractivity contribution is 0.225. The standard InChI is InChI=1S/C67H120O2.2C6H6O.H4O7P2/c1-7-11-15-19-23-27-31-35-39-43-47-53-59-60(54-48-44-40-36-32-28-24-20-16-12-8-2)62(56-50-46-42-38-34-30-26-22-18-14-10-4)66(69)65(67(5,6)63-57-51-52-58-64(63)68)61(59)55-49-45-41-37-33-29-25-21-17-13-9-3;2*7-6-4-2-1-3-5-6;1-8(2,3)7-9(4,5)6/h51-52,57-58,68-69H,7-50,53-56H2,1-6H3;2*1-5,7H;(H2,1,2,3)(H2,4,5,6). The third-order valence-corrected chi connectivity index (χ3v) is 19.7. The molecule has 0 saturated heterocycles. The van der Waals surface area contributed by atoms with Crippen molar-refractivity contribution in [2.45, 2.75) is 355 Å². The predicted octanol–water partition coefficient (Wildman–Crippen LogP) is 24.8. The van der Waals surface area contributed by atoms with Gasteiger partial charge in [0.1, 0.15) is 23.0 Å². The van der Waals surface area contributed by atoms with Crippen molar-refractivity contribution in [2.24, 2.45) is 0 Å². The van der Waals surface area contributed by atoms with Crippen LogP contribution in [0.15, 0.2) is 84.9 Å². The first-order valence-electron chi connectivity index (χ1n) is 37.3. The highest BCUT2D eigenvalue weighted by Gasteiger charge is 2.35. The van der Waals surface area contributed by atoms with Crippen LogP contribution in [-0.4, -0.2) is 40.0 Å². The predicted molar refractivity (Wildman–Crippen MR) is 390 cm³/mol. The van der Waals surface area contributed by atoms with E-state index in [1.165, 1.54) is 293 Å². The van der Waals surface area contributed by atoms with E-state index in [4.69, 9.17) is 29.8 Å². The molecule has 0 radical (unpaired) electrons. The highest BCUT2D eigenvalue weighted by Crippen LogP contribution is 2.54. The lowest BCUT2D eigenvalue weighted by Crippen LogP contribution is -2.24. The van der Waals surface area contributed by atoms with Gasteiger partial charge in [-0.15, -0.1) is 0 Å². The van der Waals surface area contributed by atoms with E-state index in [1.807, 2.05) is 24.3 Å². The number of phosphoric acid groups is 2. The van der Waals surface area contributed by atoms with Gasteiger partial charge in [0.25, 0.3) is 0 Å². The Bertz CT molecular complexity index is 2360. The van der Waals surface area contributed by atoms with Crippen LogP contribution in [0.3, 0.4) is 0 Å². The van der Waals surface area contributed by atoms with Crippen molar-refractivity contribution in [1.82, 2.24) is 0 Å². The first-order chi connectivity index (χ1) is 44.3. The van der Waals surface area contributed by atoms with Gasteiger partial charge in [-0.2, -0.15) is 4.31 Å². The van der Waals surface area contributed by atoms with Gasteiger partial charge in [-0.1, -0.05) is 353 Å². The van der Waals surface area contributed by atoms with E-state index < -0.39 is 21.1 Å². The van der Waals surface area contributed by atoms with Crippen LogP contribution in [0.2, 0.25) is 0 Å². The minimum absolute atomic E-state index is 0.322. The van der Waals surface area contributed by atoms with Gasteiger partial charge in [0.05, 0.1) is 0 Å². The molecule has 4 rings (SSSR count). The van der Waals surface area contributed by atoms with E-state index >= 15 is 0 Å². The third kappa shape index (κ3) is 45.7. The molecule has 4 aromatic carbocycles. The minimum Gasteiger partial charge on any atom is -0.508 e. The normalized spacial score (nSPS) is 11.6. The second-order valence-corrected chi connectivity index (χ2v) is 29.3. The van der Waals surface area contributed by atoms with Crippen LogP contribution in [0.5, 0.6) is 23.0 Å². The summed E-state index contributed by atoms with van der Waals surface area (Å²) in [4.78, 5) is 31.0. The van der Waals surface area contributed by atoms with E-state index in [1.54, 1.807) is 54.1 Å². The first-order valence-corrected chi connectivity index (χ1v) is 40.4. The Kier molecular flexibility index (Phi) is 53.0. The van der Waals surface area contributed by atoms with Crippen molar-refractivity contribution in [3.63, 3.8) is 0 Å². The molecule has 92 heavy (non-hydrogen) atoms. The molecule has 0 amide bonds. The van der Waals surface area contributed by atoms with E-state index in [2.05, 4.69) is 58.0 Å². The molecule has 11 nitrogen and oxygen atoms in total. The number of unbranched alkanes of at least 4 members (excludes halogenated alkanes) is 40. The maximum absolute atomic E-state index is 13.1. The second-order valence-electron chi connectivity index (χ2n) is 26.7. The molecule has 0 saturated carbocycles. The Labute approximate surface area is 562 Å². The molecular formula is C79H136O11P2. The zero-order valence-electron chi connectivity index (χ0n) is 59.2. The summed E-state index contributed by atoms with van der Waals surface area (Å²) in [6.07, 6.45) is 63.8. The molecule has 0 aliphatic rings. The summed E-state index contributed by atoms with van der Waals surface area (Å²) in [7, 11) is -10.1. The fourth-order valence-electron chi connectivity index (χ4n) is 12.8. The molecule has 0 heterocycles. The summed E-state index contributed by atoms with van der Waals surface area (Å²) in [5, 5.41) is 41.8. The summed E-state index contributed by atoms with van der Waals surface area (Å²) in [6.45, 7) is 13.8. The molecule has 0 unspecified atom stereocenters. The molecule has 0 aliphatic carbocycles. The van der Waals surface area contributed by atoms with Gasteiger partial charge in [0.2, 0.25) is 0 Å². The second kappa shape index (κ2) is 56.5. The summed E-state index contributed by atoms with van der Waals surface area (Å²) < 4.78 is 22.2. The van der Waals surface area contributed by atoms with Gasteiger partial charge in [-0.05, 0) is 104 Å². The van der Waals surface area contributed by atoms with Crippen LogP contribution >= 0.6 is 15.6 Å². The average molecular weight is 1320 g/mol. The number of phenolic OH excluding ortho intramolecular Hbond substituents is 4. The van der Waals surface area contributed by atoms with Crippen molar-refractivity contribution in [3.05, 3.63) is 118 Å². The number of aromatic hydroxyl groups is 4. The molecule has 0 aromatic heterocycles. The number of para-hydroxylation sites is 3. The molecule has 0 aliphatic heterocycles. The highest BCUT2D eigenvalue weighted by molar-refractivity contribution is 7.60. The van der Waals surface area contributed by atoms with E-state index in [-0.39, 0.29) is 0 Å². The summed E-state index contributed by atoms with van der Waals surface area (Å²) in [6, 6.07) is 25.4. The zero-order chi connectivity index (χ0) is 67.8. The lowest BCUT2D eigenvalue weighted by Gasteiger charge is -2.34. The van der Waals surface area contributed by atoms with Crippen LogP contribution in [0.25, 0.3) is 0 Å². The fraction of sp³-hybridized carbons (Fsp3) is 0.696. The Morgan fingerprint density at radius 3 is 0.772 bits per heavy atom. The topological polar surface area (TPSA) is 205 Å². The zero-order valence-corrected chi connectivity index (χ0v) is 61.0.